The van der Waals surface area contributed by atoms with Gasteiger partial charge in [-0.2, -0.15) is 0 Å². The van der Waals surface area contributed by atoms with Crippen molar-refractivity contribution in [3.8, 4) is 11.1 Å². The van der Waals surface area contributed by atoms with Crippen molar-refractivity contribution in [1.29, 1.82) is 0 Å². The van der Waals surface area contributed by atoms with E-state index in [4.69, 9.17) is 4.74 Å². The summed E-state index contributed by atoms with van der Waals surface area (Å²) in [6, 6.07) is 18.9. The van der Waals surface area contributed by atoms with Crippen molar-refractivity contribution < 1.29 is 19.1 Å². The summed E-state index contributed by atoms with van der Waals surface area (Å²) < 4.78 is 5.09. The normalized spacial score (nSPS) is 15.5. The third-order valence-electron chi connectivity index (χ3n) is 5.42. The molecule has 0 spiro atoms. The van der Waals surface area contributed by atoms with Crippen LogP contribution in [0.2, 0.25) is 0 Å². The molecule has 3 aromatic carbocycles. The van der Waals surface area contributed by atoms with Crippen LogP contribution in [0.15, 0.2) is 60.7 Å². The fourth-order valence-corrected chi connectivity index (χ4v) is 3.75. The van der Waals surface area contributed by atoms with Gasteiger partial charge in [-0.25, -0.2) is 4.79 Å². The van der Waals surface area contributed by atoms with Gasteiger partial charge in [0.05, 0.1) is 12.2 Å². The molecule has 3 aromatic rings. The molecule has 0 radical (unpaired) electrons. The van der Waals surface area contributed by atoms with Crippen molar-refractivity contribution >= 4 is 28.6 Å². The van der Waals surface area contributed by atoms with E-state index in [-0.39, 0.29) is 23.7 Å². The van der Waals surface area contributed by atoms with Crippen LogP contribution in [0, 0.1) is 5.92 Å². The average molecular weight is 416 g/mol. The molecular weight excluding hydrogens is 392 g/mol. The van der Waals surface area contributed by atoms with Gasteiger partial charge >= 0.3 is 5.97 Å². The maximum Gasteiger partial charge on any atom is 0.338 e. The molecule has 1 atom stereocenters. The molecule has 31 heavy (non-hydrogen) atoms. The van der Waals surface area contributed by atoms with E-state index in [0.29, 0.717) is 37.2 Å². The Morgan fingerprint density at radius 3 is 2.55 bits per heavy atom. The summed E-state index contributed by atoms with van der Waals surface area (Å²) in [5, 5.41) is 7.65. The van der Waals surface area contributed by atoms with E-state index in [0.717, 1.165) is 21.9 Å². The zero-order valence-electron chi connectivity index (χ0n) is 17.3. The maximum absolute atomic E-state index is 12.5. The second kappa shape index (κ2) is 9.00. The highest BCUT2D eigenvalue weighted by Crippen LogP contribution is 2.26. The molecule has 1 aliphatic heterocycles. The van der Waals surface area contributed by atoms with Gasteiger partial charge in [-0.3, -0.25) is 9.59 Å². The molecule has 6 heteroatoms. The molecular formula is C25H24N2O4. The fraction of sp³-hybridized carbons (Fsp3) is 0.240. The van der Waals surface area contributed by atoms with Gasteiger partial charge < -0.3 is 15.4 Å². The first-order chi connectivity index (χ1) is 15.0. The van der Waals surface area contributed by atoms with E-state index >= 15 is 0 Å². The van der Waals surface area contributed by atoms with E-state index in [1.54, 1.807) is 19.1 Å². The highest BCUT2D eigenvalue weighted by molar-refractivity contribution is 5.99. The number of hydrogen-bond acceptors (Lipinski definition) is 4. The zero-order chi connectivity index (χ0) is 21.8. The molecule has 1 saturated heterocycles. The average Bonchev–Trinajstić information content (AvgIpc) is 3.22. The molecule has 6 nitrogen and oxygen atoms in total. The Bertz CT molecular complexity index is 1160. The van der Waals surface area contributed by atoms with Crippen LogP contribution in [0.1, 0.15) is 34.1 Å². The summed E-state index contributed by atoms with van der Waals surface area (Å²) in [6.07, 6.45) is 0.456. The van der Waals surface area contributed by atoms with Gasteiger partial charge in [-0.1, -0.05) is 30.3 Å². The van der Waals surface area contributed by atoms with Gasteiger partial charge in [0, 0.05) is 31.0 Å². The SMILES string of the molecule is CCOC(=O)c1cccc(-c2ccc3cc(C(=O)NCC4CNC(=O)C4)ccc3c2)c1. The van der Waals surface area contributed by atoms with Crippen molar-refractivity contribution in [2.75, 3.05) is 19.7 Å². The maximum atomic E-state index is 12.5. The number of amides is 2. The molecule has 0 bridgehead atoms. The number of rotatable bonds is 6. The largest absolute Gasteiger partial charge is 0.462 e. The number of hydrogen-bond donors (Lipinski definition) is 2. The van der Waals surface area contributed by atoms with Crippen LogP contribution in [-0.2, 0) is 9.53 Å². The van der Waals surface area contributed by atoms with E-state index in [2.05, 4.69) is 10.6 Å². The lowest BCUT2D eigenvalue weighted by Crippen LogP contribution is -2.30. The fourth-order valence-electron chi connectivity index (χ4n) is 3.75. The number of benzene rings is 3. The Morgan fingerprint density at radius 1 is 1.00 bits per heavy atom. The molecule has 2 N–H and O–H groups in total. The van der Waals surface area contributed by atoms with Crippen LogP contribution in [0.25, 0.3) is 21.9 Å². The van der Waals surface area contributed by atoms with E-state index in [1.807, 2.05) is 48.5 Å². The van der Waals surface area contributed by atoms with E-state index in [9.17, 15) is 14.4 Å². The van der Waals surface area contributed by atoms with Crippen molar-refractivity contribution in [2.45, 2.75) is 13.3 Å². The van der Waals surface area contributed by atoms with E-state index in [1.165, 1.54) is 0 Å². The molecule has 0 aromatic heterocycles. The first kappa shape index (κ1) is 20.6. The second-order valence-electron chi connectivity index (χ2n) is 7.66. The van der Waals surface area contributed by atoms with Crippen molar-refractivity contribution in [3.05, 3.63) is 71.8 Å². The van der Waals surface area contributed by atoms with Crippen molar-refractivity contribution in [2.24, 2.45) is 5.92 Å². The quantitative estimate of drug-likeness (QED) is 0.602. The Hall–Kier alpha value is -3.67. The number of ether oxygens (including phenoxy) is 1. The third kappa shape index (κ3) is 4.74. The molecule has 1 unspecified atom stereocenters. The molecule has 0 aliphatic carbocycles. The Labute approximate surface area is 180 Å². The topological polar surface area (TPSA) is 84.5 Å². The molecule has 4 rings (SSSR count). The summed E-state index contributed by atoms with van der Waals surface area (Å²) in [5.74, 6) is -0.301. The van der Waals surface area contributed by atoms with Crippen LogP contribution in [0.3, 0.4) is 0 Å². The van der Waals surface area contributed by atoms with Crippen LogP contribution in [-0.4, -0.2) is 37.5 Å². The predicted octanol–water partition coefficient (Wildman–Crippen LogP) is 3.55. The third-order valence-corrected chi connectivity index (χ3v) is 5.42. The van der Waals surface area contributed by atoms with Crippen molar-refractivity contribution in [1.82, 2.24) is 10.6 Å². The first-order valence-electron chi connectivity index (χ1n) is 10.4. The summed E-state index contributed by atoms with van der Waals surface area (Å²) in [4.78, 5) is 35.8. The molecule has 2 amide bonds. The molecule has 158 valence electrons. The van der Waals surface area contributed by atoms with Crippen LogP contribution in [0.5, 0.6) is 0 Å². The number of nitrogens with one attached hydrogen (secondary N) is 2. The van der Waals surface area contributed by atoms with E-state index < -0.39 is 0 Å². The minimum Gasteiger partial charge on any atom is -0.462 e. The van der Waals surface area contributed by atoms with Gasteiger partial charge in [0.15, 0.2) is 0 Å². The minimum atomic E-state index is -0.335. The smallest absolute Gasteiger partial charge is 0.338 e. The van der Waals surface area contributed by atoms with Gasteiger partial charge in [0.2, 0.25) is 5.91 Å². The Balaban J connectivity index is 1.50. The standard InChI is InChI=1S/C25H24N2O4/c1-2-31-25(30)22-5-3-4-17(13-22)18-6-7-20-12-21(9-8-19(20)11-18)24(29)27-15-16-10-23(28)26-14-16/h3-9,11-13,16H,2,10,14-15H2,1H3,(H,26,28)(H,27,29). The van der Waals surface area contributed by atoms with Gasteiger partial charge in [-0.15, -0.1) is 0 Å². The van der Waals surface area contributed by atoms with Gasteiger partial charge in [0.25, 0.3) is 5.91 Å². The van der Waals surface area contributed by atoms with Crippen molar-refractivity contribution in [3.63, 3.8) is 0 Å². The van der Waals surface area contributed by atoms with Gasteiger partial charge in [0.1, 0.15) is 0 Å². The highest BCUT2D eigenvalue weighted by Gasteiger charge is 2.21. The molecule has 0 saturated carbocycles. The second-order valence-corrected chi connectivity index (χ2v) is 7.66. The molecule has 1 fully saturated rings. The number of esters is 1. The number of fused-ring (bicyclic) bond motifs is 1. The zero-order valence-corrected chi connectivity index (χ0v) is 17.3. The lowest BCUT2D eigenvalue weighted by molar-refractivity contribution is -0.119. The predicted molar refractivity (Wildman–Crippen MR) is 119 cm³/mol. The monoisotopic (exact) mass is 416 g/mol. The lowest BCUT2D eigenvalue weighted by atomic mass is 9.98. The van der Waals surface area contributed by atoms with Gasteiger partial charge in [-0.05, 0) is 59.2 Å². The van der Waals surface area contributed by atoms with Crippen LogP contribution >= 0.6 is 0 Å². The molecule has 1 heterocycles. The molecule has 1 aliphatic rings. The summed E-state index contributed by atoms with van der Waals surface area (Å²) >= 11 is 0. The van der Waals surface area contributed by atoms with Crippen LogP contribution < -0.4 is 10.6 Å². The summed E-state index contributed by atoms with van der Waals surface area (Å²) in [5.41, 5.74) is 3.01. The first-order valence-corrected chi connectivity index (χ1v) is 10.4. The summed E-state index contributed by atoms with van der Waals surface area (Å²) in [6.45, 7) is 3.21. The lowest BCUT2D eigenvalue weighted by Gasteiger charge is -2.10. The summed E-state index contributed by atoms with van der Waals surface area (Å²) in [7, 11) is 0. The highest BCUT2D eigenvalue weighted by atomic mass is 16.5. The number of carbonyl (C=O) groups excluding carboxylic acids is 3. The Kier molecular flexibility index (Phi) is 5.98. The minimum absolute atomic E-state index is 0.0357. The number of carbonyl (C=O) groups is 3. The van der Waals surface area contributed by atoms with Crippen LogP contribution in [0.4, 0.5) is 0 Å². The Morgan fingerprint density at radius 2 is 1.77 bits per heavy atom.